The molecule has 84 valence electrons. The van der Waals surface area contributed by atoms with Crippen molar-refractivity contribution < 1.29 is 0 Å². The van der Waals surface area contributed by atoms with Crippen LogP contribution in [0.3, 0.4) is 0 Å². The molecule has 2 rings (SSSR count). The largest absolute Gasteiger partial charge is 0.250 e. The normalized spacial score (nSPS) is 12.7. The molecule has 4 heteroatoms. The Morgan fingerprint density at radius 1 is 1.31 bits per heavy atom. The van der Waals surface area contributed by atoms with Gasteiger partial charge in [-0.25, -0.2) is 4.98 Å². The predicted molar refractivity (Wildman–Crippen MR) is 70.6 cm³/mol. The molecular formula is C12H11Cl2NS. The average Bonchev–Trinajstić information content (AvgIpc) is 2.68. The minimum atomic E-state index is -0.00706. The molecule has 1 aromatic heterocycles. The van der Waals surface area contributed by atoms with E-state index in [-0.39, 0.29) is 5.38 Å². The highest BCUT2D eigenvalue weighted by atomic mass is 35.5. The van der Waals surface area contributed by atoms with Gasteiger partial charge in [-0.05, 0) is 31.0 Å². The summed E-state index contributed by atoms with van der Waals surface area (Å²) in [4.78, 5) is 5.33. The Bertz CT molecular complexity index is 464. The third-order valence-corrected chi connectivity index (χ3v) is 4.07. The number of nitrogens with zero attached hydrogens (tertiary/aromatic N) is 1. The number of benzene rings is 1. The molecule has 0 aliphatic heterocycles. The predicted octanol–water partition coefficient (Wildman–Crippen LogP) is 4.63. The van der Waals surface area contributed by atoms with E-state index in [0.29, 0.717) is 0 Å². The van der Waals surface area contributed by atoms with Crippen LogP contribution in [0.15, 0.2) is 30.5 Å². The van der Waals surface area contributed by atoms with Crippen LogP contribution in [-0.4, -0.2) is 4.98 Å². The van der Waals surface area contributed by atoms with Crippen LogP contribution in [0, 0.1) is 6.92 Å². The molecule has 0 bridgehead atoms. The Balaban J connectivity index is 2.07. The van der Waals surface area contributed by atoms with E-state index < -0.39 is 0 Å². The molecule has 0 saturated carbocycles. The second kappa shape index (κ2) is 5.17. The van der Waals surface area contributed by atoms with Crippen LogP contribution in [0.4, 0.5) is 0 Å². The third kappa shape index (κ3) is 2.97. The summed E-state index contributed by atoms with van der Waals surface area (Å²) >= 11 is 13.8. The van der Waals surface area contributed by atoms with E-state index in [1.165, 1.54) is 5.56 Å². The fraction of sp³-hybridized carbons (Fsp3) is 0.250. The lowest BCUT2D eigenvalue weighted by Crippen LogP contribution is -1.92. The van der Waals surface area contributed by atoms with Crippen molar-refractivity contribution in [2.45, 2.75) is 18.7 Å². The van der Waals surface area contributed by atoms with Gasteiger partial charge in [-0.15, -0.1) is 22.9 Å². The molecule has 0 amide bonds. The van der Waals surface area contributed by atoms with Crippen molar-refractivity contribution in [2.75, 3.05) is 0 Å². The Hall–Kier alpha value is -0.570. The molecule has 0 radical (unpaired) electrons. The van der Waals surface area contributed by atoms with Crippen LogP contribution in [-0.2, 0) is 6.42 Å². The molecular weight excluding hydrogens is 261 g/mol. The second-order valence-corrected chi connectivity index (χ2v) is 5.81. The van der Waals surface area contributed by atoms with Gasteiger partial charge in [0, 0.05) is 16.1 Å². The summed E-state index contributed by atoms with van der Waals surface area (Å²) in [5.41, 5.74) is 1.19. The summed E-state index contributed by atoms with van der Waals surface area (Å²) < 4.78 is 0. The van der Waals surface area contributed by atoms with Gasteiger partial charge >= 0.3 is 0 Å². The standard InChI is InChI=1S/C12H11Cl2NS/c1-8-15-7-12(16-8)11(14)6-9-2-4-10(13)5-3-9/h2-5,7,11H,6H2,1H3. The Labute approximate surface area is 109 Å². The SMILES string of the molecule is Cc1ncc(C(Cl)Cc2ccc(Cl)cc2)s1. The van der Waals surface area contributed by atoms with Gasteiger partial charge in [0.1, 0.15) is 0 Å². The van der Waals surface area contributed by atoms with E-state index in [1.807, 2.05) is 37.4 Å². The molecule has 0 aliphatic rings. The molecule has 0 saturated heterocycles. The van der Waals surface area contributed by atoms with Crippen LogP contribution < -0.4 is 0 Å². The molecule has 1 aromatic carbocycles. The van der Waals surface area contributed by atoms with Crippen LogP contribution >= 0.6 is 34.5 Å². The highest BCUT2D eigenvalue weighted by Crippen LogP contribution is 2.29. The first-order valence-electron chi connectivity index (χ1n) is 4.96. The molecule has 0 spiro atoms. The maximum atomic E-state index is 6.33. The first-order chi connectivity index (χ1) is 7.65. The number of hydrogen-bond acceptors (Lipinski definition) is 2. The number of hydrogen-bond donors (Lipinski definition) is 0. The summed E-state index contributed by atoms with van der Waals surface area (Å²) in [7, 11) is 0. The minimum Gasteiger partial charge on any atom is -0.250 e. The summed E-state index contributed by atoms with van der Waals surface area (Å²) in [6.45, 7) is 1.99. The van der Waals surface area contributed by atoms with Crippen molar-refractivity contribution in [1.29, 1.82) is 0 Å². The van der Waals surface area contributed by atoms with Crippen LogP contribution in [0.2, 0.25) is 5.02 Å². The number of aryl methyl sites for hydroxylation is 1. The van der Waals surface area contributed by atoms with Crippen molar-refractivity contribution in [2.24, 2.45) is 0 Å². The first-order valence-corrected chi connectivity index (χ1v) is 6.59. The quantitative estimate of drug-likeness (QED) is 0.742. The highest BCUT2D eigenvalue weighted by molar-refractivity contribution is 7.11. The number of aromatic nitrogens is 1. The van der Waals surface area contributed by atoms with Gasteiger partial charge in [0.05, 0.1) is 10.4 Å². The molecule has 1 nitrogen and oxygen atoms in total. The van der Waals surface area contributed by atoms with Gasteiger partial charge in [0.2, 0.25) is 0 Å². The summed E-state index contributed by atoms with van der Waals surface area (Å²) in [6.07, 6.45) is 2.66. The van der Waals surface area contributed by atoms with Crippen molar-refractivity contribution in [3.63, 3.8) is 0 Å². The van der Waals surface area contributed by atoms with Gasteiger partial charge in [0.25, 0.3) is 0 Å². The van der Waals surface area contributed by atoms with Crippen LogP contribution in [0.25, 0.3) is 0 Å². The summed E-state index contributed by atoms with van der Waals surface area (Å²) in [5.74, 6) is 0. The first kappa shape index (κ1) is 11.9. The van der Waals surface area contributed by atoms with E-state index in [4.69, 9.17) is 23.2 Å². The third-order valence-electron chi connectivity index (χ3n) is 2.28. The molecule has 0 aliphatic carbocycles. The van der Waals surface area contributed by atoms with E-state index in [0.717, 1.165) is 21.3 Å². The molecule has 16 heavy (non-hydrogen) atoms. The number of rotatable bonds is 3. The maximum Gasteiger partial charge on any atom is 0.0897 e. The zero-order chi connectivity index (χ0) is 11.5. The van der Waals surface area contributed by atoms with Crippen LogP contribution in [0.5, 0.6) is 0 Å². The topological polar surface area (TPSA) is 12.9 Å². The van der Waals surface area contributed by atoms with Crippen molar-refractivity contribution >= 4 is 34.5 Å². The lowest BCUT2D eigenvalue weighted by Gasteiger charge is -2.06. The maximum absolute atomic E-state index is 6.33. The second-order valence-electron chi connectivity index (χ2n) is 3.58. The lowest BCUT2D eigenvalue weighted by molar-refractivity contribution is 0.936. The van der Waals surface area contributed by atoms with E-state index >= 15 is 0 Å². The van der Waals surface area contributed by atoms with Crippen molar-refractivity contribution in [1.82, 2.24) is 4.98 Å². The molecule has 1 heterocycles. The molecule has 1 unspecified atom stereocenters. The van der Waals surface area contributed by atoms with Gasteiger partial charge in [-0.2, -0.15) is 0 Å². The zero-order valence-electron chi connectivity index (χ0n) is 8.78. The number of alkyl halides is 1. The molecule has 0 N–H and O–H groups in total. The Morgan fingerprint density at radius 3 is 2.56 bits per heavy atom. The minimum absolute atomic E-state index is 0.00706. The molecule has 1 atom stereocenters. The average molecular weight is 272 g/mol. The Morgan fingerprint density at radius 2 is 2.00 bits per heavy atom. The lowest BCUT2D eigenvalue weighted by atomic mass is 10.1. The van der Waals surface area contributed by atoms with Gasteiger partial charge < -0.3 is 0 Å². The fourth-order valence-electron chi connectivity index (χ4n) is 1.45. The van der Waals surface area contributed by atoms with Gasteiger partial charge in [-0.1, -0.05) is 23.7 Å². The monoisotopic (exact) mass is 271 g/mol. The molecule has 2 aromatic rings. The zero-order valence-corrected chi connectivity index (χ0v) is 11.1. The van der Waals surface area contributed by atoms with Gasteiger partial charge in [0.15, 0.2) is 0 Å². The van der Waals surface area contributed by atoms with E-state index in [2.05, 4.69) is 4.98 Å². The fourth-order valence-corrected chi connectivity index (χ4v) is 2.71. The summed E-state index contributed by atoms with van der Waals surface area (Å²) in [6, 6.07) is 7.79. The number of halogens is 2. The number of thiazole rings is 1. The van der Waals surface area contributed by atoms with E-state index in [9.17, 15) is 0 Å². The Kier molecular flexibility index (Phi) is 3.85. The van der Waals surface area contributed by atoms with Gasteiger partial charge in [-0.3, -0.25) is 0 Å². The summed E-state index contributed by atoms with van der Waals surface area (Å²) in [5, 5.41) is 1.80. The van der Waals surface area contributed by atoms with Crippen molar-refractivity contribution in [3.05, 3.63) is 50.9 Å². The smallest absolute Gasteiger partial charge is 0.0897 e. The molecule has 0 fully saturated rings. The highest BCUT2D eigenvalue weighted by Gasteiger charge is 2.11. The van der Waals surface area contributed by atoms with E-state index in [1.54, 1.807) is 11.3 Å². The van der Waals surface area contributed by atoms with Crippen LogP contribution in [0.1, 0.15) is 20.8 Å². The van der Waals surface area contributed by atoms with Crippen molar-refractivity contribution in [3.8, 4) is 0 Å².